The van der Waals surface area contributed by atoms with Crippen LogP contribution in [0.5, 0.6) is 11.5 Å². The van der Waals surface area contributed by atoms with Crippen molar-refractivity contribution in [2.45, 2.75) is 38.6 Å². The second kappa shape index (κ2) is 10.9. The average molecular weight is 397 g/mol. The monoisotopic (exact) mass is 396 g/mol. The number of methoxy groups -OCH3 is 1. The fraction of sp³-hybridized carbons (Fsp3) is 0.458. The Morgan fingerprint density at radius 2 is 1.86 bits per heavy atom. The number of nitrogens with zero attached hydrogens (tertiary/aromatic N) is 1. The van der Waals surface area contributed by atoms with Crippen LogP contribution in [0.2, 0.25) is 0 Å². The summed E-state index contributed by atoms with van der Waals surface area (Å²) in [7, 11) is 1.67. The molecule has 3 rings (SSSR count). The highest BCUT2D eigenvalue weighted by Crippen LogP contribution is 2.26. The van der Waals surface area contributed by atoms with Crippen LogP contribution < -0.4 is 14.8 Å². The number of carbonyl (C=O) groups is 1. The van der Waals surface area contributed by atoms with Gasteiger partial charge in [-0.05, 0) is 68.2 Å². The zero-order valence-electron chi connectivity index (χ0n) is 17.5. The number of unbranched alkanes of at least 4 members (excludes halogenated alkanes) is 1. The molecule has 0 radical (unpaired) electrons. The smallest absolute Gasteiger partial charge is 0.251 e. The number of ether oxygens (including phenoxy) is 2. The summed E-state index contributed by atoms with van der Waals surface area (Å²) in [6, 6.07) is 15.7. The van der Waals surface area contributed by atoms with Gasteiger partial charge in [0.05, 0.1) is 19.8 Å². The number of benzene rings is 2. The fourth-order valence-corrected chi connectivity index (χ4v) is 3.69. The van der Waals surface area contributed by atoms with Crippen molar-refractivity contribution in [3.63, 3.8) is 0 Å². The molecule has 0 aliphatic carbocycles. The lowest BCUT2D eigenvalue weighted by molar-refractivity contribution is 0.0937. The van der Waals surface area contributed by atoms with Gasteiger partial charge in [-0.2, -0.15) is 0 Å². The third kappa shape index (κ3) is 5.97. The van der Waals surface area contributed by atoms with Gasteiger partial charge in [-0.3, -0.25) is 9.69 Å². The molecule has 0 spiro atoms. The summed E-state index contributed by atoms with van der Waals surface area (Å²) in [4.78, 5) is 15.2. The van der Waals surface area contributed by atoms with E-state index in [9.17, 15) is 4.79 Å². The number of rotatable bonds is 10. The maximum atomic E-state index is 12.8. The van der Waals surface area contributed by atoms with E-state index < -0.39 is 0 Å². The van der Waals surface area contributed by atoms with Gasteiger partial charge in [-0.15, -0.1) is 0 Å². The molecule has 1 saturated heterocycles. The van der Waals surface area contributed by atoms with Crippen LogP contribution >= 0.6 is 0 Å². The van der Waals surface area contributed by atoms with Crippen molar-refractivity contribution in [1.29, 1.82) is 0 Å². The third-order valence-electron chi connectivity index (χ3n) is 5.40. The summed E-state index contributed by atoms with van der Waals surface area (Å²) in [5.74, 6) is 1.53. The Kier molecular flexibility index (Phi) is 7.94. The molecule has 0 unspecified atom stereocenters. The van der Waals surface area contributed by atoms with Crippen molar-refractivity contribution in [3.05, 3.63) is 59.7 Å². The molecule has 2 aromatic carbocycles. The van der Waals surface area contributed by atoms with Gasteiger partial charge in [0.15, 0.2) is 0 Å². The van der Waals surface area contributed by atoms with Crippen LogP contribution in [0, 0.1) is 0 Å². The molecular formula is C24H32N2O3. The summed E-state index contributed by atoms with van der Waals surface area (Å²) in [6.45, 7) is 5.51. The summed E-state index contributed by atoms with van der Waals surface area (Å²) in [5, 5.41) is 3.13. The van der Waals surface area contributed by atoms with Crippen molar-refractivity contribution >= 4 is 5.91 Å². The highest BCUT2D eigenvalue weighted by molar-refractivity contribution is 5.94. The highest BCUT2D eigenvalue weighted by atomic mass is 16.5. The van der Waals surface area contributed by atoms with E-state index in [0.717, 1.165) is 37.4 Å². The molecule has 1 aliphatic rings. The SMILES string of the molecule is CCCCOc1cccc(C(=O)NC[C@H](c2ccc(OC)cc2)N2CCCC2)c1. The van der Waals surface area contributed by atoms with E-state index in [-0.39, 0.29) is 11.9 Å². The standard InChI is InChI=1S/C24H32N2O3/c1-3-4-16-29-22-9-7-8-20(17-22)24(27)25-18-23(26-14-5-6-15-26)19-10-12-21(28-2)13-11-19/h7-13,17,23H,3-6,14-16,18H2,1-2H3,(H,25,27)/t23-/m1/s1. The van der Waals surface area contributed by atoms with Crippen LogP contribution in [0.15, 0.2) is 48.5 Å². The molecule has 29 heavy (non-hydrogen) atoms. The third-order valence-corrected chi connectivity index (χ3v) is 5.40. The summed E-state index contributed by atoms with van der Waals surface area (Å²) in [5.41, 5.74) is 1.83. The minimum absolute atomic E-state index is 0.0661. The van der Waals surface area contributed by atoms with Crippen molar-refractivity contribution in [2.24, 2.45) is 0 Å². The van der Waals surface area contributed by atoms with Gasteiger partial charge in [-0.1, -0.05) is 31.5 Å². The molecular weight excluding hydrogens is 364 g/mol. The largest absolute Gasteiger partial charge is 0.497 e. The Labute approximate surface area is 174 Å². The highest BCUT2D eigenvalue weighted by Gasteiger charge is 2.24. The van der Waals surface area contributed by atoms with Gasteiger partial charge in [-0.25, -0.2) is 0 Å². The first-order valence-corrected chi connectivity index (χ1v) is 10.6. The first-order valence-electron chi connectivity index (χ1n) is 10.6. The number of carbonyl (C=O) groups excluding carboxylic acids is 1. The quantitative estimate of drug-likeness (QED) is 0.603. The number of nitrogens with one attached hydrogen (secondary N) is 1. The topological polar surface area (TPSA) is 50.8 Å². The van der Waals surface area contributed by atoms with Gasteiger partial charge in [0.1, 0.15) is 11.5 Å². The maximum Gasteiger partial charge on any atom is 0.251 e. The van der Waals surface area contributed by atoms with Gasteiger partial charge in [0.25, 0.3) is 5.91 Å². The van der Waals surface area contributed by atoms with E-state index in [2.05, 4.69) is 29.3 Å². The predicted molar refractivity (Wildman–Crippen MR) is 116 cm³/mol. The molecule has 1 fully saturated rings. The summed E-state index contributed by atoms with van der Waals surface area (Å²) >= 11 is 0. The zero-order valence-corrected chi connectivity index (χ0v) is 17.5. The molecule has 0 saturated carbocycles. The number of hydrogen-bond donors (Lipinski definition) is 1. The lowest BCUT2D eigenvalue weighted by Gasteiger charge is -2.28. The van der Waals surface area contributed by atoms with E-state index in [1.54, 1.807) is 7.11 Å². The van der Waals surface area contributed by atoms with Crippen LogP contribution in [-0.4, -0.2) is 44.2 Å². The van der Waals surface area contributed by atoms with Crippen LogP contribution in [0.25, 0.3) is 0 Å². The van der Waals surface area contributed by atoms with Gasteiger partial charge >= 0.3 is 0 Å². The van der Waals surface area contributed by atoms with E-state index in [1.165, 1.54) is 18.4 Å². The summed E-state index contributed by atoms with van der Waals surface area (Å²) in [6.07, 6.45) is 4.51. The predicted octanol–water partition coefficient (Wildman–Crippen LogP) is 4.44. The molecule has 0 aromatic heterocycles. The molecule has 1 atom stereocenters. The van der Waals surface area contributed by atoms with E-state index >= 15 is 0 Å². The molecule has 5 heteroatoms. The average Bonchev–Trinajstić information content (AvgIpc) is 3.29. The van der Waals surface area contributed by atoms with Gasteiger partial charge < -0.3 is 14.8 Å². The lowest BCUT2D eigenvalue weighted by Crippen LogP contribution is -2.36. The first kappa shape index (κ1) is 21.2. The van der Waals surface area contributed by atoms with Crippen LogP contribution in [-0.2, 0) is 0 Å². The van der Waals surface area contributed by atoms with Crippen molar-refractivity contribution in [2.75, 3.05) is 33.4 Å². The Morgan fingerprint density at radius 3 is 2.55 bits per heavy atom. The van der Waals surface area contributed by atoms with E-state index in [4.69, 9.17) is 9.47 Å². The Morgan fingerprint density at radius 1 is 1.10 bits per heavy atom. The molecule has 1 heterocycles. The molecule has 5 nitrogen and oxygen atoms in total. The number of hydrogen-bond acceptors (Lipinski definition) is 4. The van der Waals surface area contributed by atoms with Gasteiger partial charge in [0, 0.05) is 12.1 Å². The van der Waals surface area contributed by atoms with E-state index in [1.807, 2.05) is 36.4 Å². The maximum absolute atomic E-state index is 12.8. The minimum atomic E-state index is -0.0661. The molecule has 1 amide bonds. The summed E-state index contributed by atoms with van der Waals surface area (Å²) < 4.78 is 11.0. The second-order valence-electron chi connectivity index (χ2n) is 7.47. The molecule has 0 bridgehead atoms. The zero-order chi connectivity index (χ0) is 20.5. The van der Waals surface area contributed by atoms with Crippen molar-refractivity contribution in [1.82, 2.24) is 10.2 Å². The fourth-order valence-electron chi connectivity index (χ4n) is 3.69. The normalized spacial score (nSPS) is 15.1. The van der Waals surface area contributed by atoms with E-state index in [0.29, 0.717) is 18.7 Å². The molecule has 2 aromatic rings. The second-order valence-corrected chi connectivity index (χ2v) is 7.47. The Hall–Kier alpha value is -2.53. The Balaban J connectivity index is 1.65. The van der Waals surface area contributed by atoms with Crippen molar-refractivity contribution in [3.8, 4) is 11.5 Å². The minimum Gasteiger partial charge on any atom is -0.497 e. The first-order chi connectivity index (χ1) is 14.2. The molecule has 1 N–H and O–H groups in total. The Bertz CT molecular complexity index is 770. The number of likely N-dealkylation sites (tertiary alicyclic amines) is 1. The molecule has 156 valence electrons. The number of amides is 1. The van der Waals surface area contributed by atoms with Gasteiger partial charge in [0.2, 0.25) is 0 Å². The van der Waals surface area contributed by atoms with Crippen molar-refractivity contribution < 1.29 is 14.3 Å². The lowest BCUT2D eigenvalue weighted by atomic mass is 10.0. The molecule has 1 aliphatic heterocycles. The van der Waals surface area contributed by atoms with Crippen LogP contribution in [0.1, 0.15) is 54.6 Å². The van der Waals surface area contributed by atoms with Crippen LogP contribution in [0.3, 0.4) is 0 Å². The van der Waals surface area contributed by atoms with Crippen LogP contribution in [0.4, 0.5) is 0 Å².